The van der Waals surface area contributed by atoms with Gasteiger partial charge in [0.25, 0.3) is 5.91 Å². The van der Waals surface area contributed by atoms with Crippen molar-refractivity contribution in [3.63, 3.8) is 0 Å². The van der Waals surface area contributed by atoms with Crippen molar-refractivity contribution in [3.05, 3.63) is 18.0 Å². The fourth-order valence-electron chi connectivity index (χ4n) is 1.60. The number of nitrogens with zero attached hydrogens (tertiary/aromatic N) is 3. The van der Waals surface area contributed by atoms with Crippen LogP contribution in [0.1, 0.15) is 30.6 Å². The van der Waals surface area contributed by atoms with Gasteiger partial charge < -0.3 is 9.64 Å². The molecule has 6 nitrogen and oxygen atoms in total. The lowest BCUT2D eigenvalue weighted by Crippen LogP contribution is -2.37. The highest BCUT2D eigenvalue weighted by Crippen LogP contribution is 2.04. The number of aromatic nitrogens is 2. The molecule has 1 amide bonds. The summed E-state index contributed by atoms with van der Waals surface area (Å²) in [5.74, 6) is -0.582. The summed E-state index contributed by atoms with van der Waals surface area (Å²) in [5.41, 5.74) is 0.482. The molecule has 100 valence electrons. The Bertz CT molecular complexity index is 414. The molecule has 0 unspecified atom stereocenters. The van der Waals surface area contributed by atoms with Gasteiger partial charge in [0, 0.05) is 19.8 Å². The van der Waals surface area contributed by atoms with Gasteiger partial charge in [-0.3, -0.25) is 14.3 Å². The van der Waals surface area contributed by atoms with E-state index in [1.165, 1.54) is 11.1 Å². The molecule has 0 saturated heterocycles. The van der Waals surface area contributed by atoms with Gasteiger partial charge in [-0.05, 0) is 13.3 Å². The highest BCUT2D eigenvalue weighted by molar-refractivity contribution is 5.95. The average Bonchev–Trinajstić information content (AvgIpc) is 2.75. The minimum atomic E-state index is -0.386. The summed E-state index contributed by atoms with van der Waals surface area (Å²) in [6.45, 7) is 4.52. The van der Waals surface area contributed by atoms with Crippen molar-refractivity contribution < 1.29 is 14.3 Å². The zero-order valence-corrected chi connectivity index (χ0v) is 11.0. The van der Waals surface area contributed by atoms with Gasteiger partial charge in [0.05, 0.1) is 18.4 Å². The first-order valence-corrected chi connectivity index (χ1v) is 6.02. The molecular formula is C12H19N3O3. The van der Waals surface area contributed by atoms with Crippen LogP contribution in [-0.2, 0) is 16.6 Å². The van der Waals surface area contributed by atoms with Gasteiger partial charge in [0.2, 0.25) is 0 Å². The average molecular weight is 253 g/mol. The molecule has 0 N–H and O–H groups in total. The number of ether oxygens (including phenoxy) is 1. The van der Waals surface area contributed by atoms with Crippen molar-refractivity contribution in [2.45, 2.75) is 20.3 Å². The highest BCUT2D eigenvalue weighted by atomic mass is 16.5. The Morgan fingerprint density at radius 3 is 2.67 bits per heavy atom. The first-order chi connectivity index (χ1) is 8.58. The minimum absolute atomic E-state index is 0.0184. The van der Waals surface area contributed by atoms with Crippen LogP contribution in [0.4, 0.5) is 0 Å². The van der Waals surface area contributed by atoms with E-state index in [1.54, 1.807) is 24.9 Å². The first-order valence-electron chi connectivity index (χ1n) is 6.02. The second-order valence-corrected chi connectivity index (χ2v) is 3.93. The minimum Gasteiger partial charge on any atom is -0.465 e. The maximum Gasteiger partial charge on any atom is 0.325 e. The van der Waals surface area contributed by atoms with E-state index in [-0.39, 0.29) is 18.4 Å². The molecule has 1 heterocycles. The van der Waals surface area contributed by atoms with Crippen molar-refractivity contribution in [1.29, 1.82) is 0 Å². The summed E-state index contributed by atoms with van der Waals surface area (Å²) in [6.07, 6.45) is 3.91. The summed E-state index contributed by atoms with van der Waals surface area (Å²) in [6, 6.07) is 0. The molecular weight excluding hydrogens is 234 g/mol. The molecule has 18 heavy (non-hydrogen) atoms. The van der Waals surface area contributed by atoms with E-state index in [4.69, 9.17) is 4.74 Å². The molecule has 0 aromatic carbocycles. The number of carbonyl (C=O) groups is 2. The fraction of sp³-hybridized carbons (Fsp3) is 0.583. The predicted octanol–water partition coefficient (Wildman–Crippen LogP) is 0.835. The van der Waals surface area contributed by atoms with E-state index < -0.39 is 0 Å². The molecule has 0 fully saturated rings. The van der Waals surface area contributed by atoms with Gasteiger partial charge in [-0.2, -0.15) is 5.10 Å². The number of aryl methyl sites for hydroxylation is 1. The lowest BCUT2D eigenvalue weighted by Gasteiger charge is -2.20. The van der Waals surface area contributed by atoms with Gasteiger partial charge in [-0.15, -0.1) is 0 Å². The van der Waals surface area contributed by atoms with Crippen LogP contribution in [0.25, 0.3) is 0 Å². The third kappa shape index (κ3) is 3.87. The molecule has 0 aliphatic rings. The van der Waals surface area contributed by atoms with Crippen molar-refractivity contribution in [3.8, 4) is 0 Å². The smallest absolute Gasteiger partial charge is 0.325 e. The van der Waals surface area contributed by atoms with Crippen LogP contribution in [0.5, 0.6) is 0 Å². The SMILES string of the molecule is CCCN(CC(=O)OCC)C(=O)c1cnn(C)c1. The van der Waals surface area contributed by atoms with Crippen LogP contribution < -0.4 is 0 Å². The molecule has 1 aromatic rings. The summed E-state index contributed by atoms with van der Waals surface area (Å²) in [5, 5.41) is 3.95. The zero-order chi connectivity index (χ0) is 13.5. The Kier molecular flexibility index (Phi) is 5.35. The Hall–Kier alpha value is -1.85. The van der Waals surface area contributed by atoms with Crippen molar-refractivity contribution in [2.75, 3.05) is 19.7 Å². The molecule has 0 spiro atoms. The van der Waals surface area contributed by atoms with Gasteiger partial charge in [0.1, 0.15) is 6.54 Å². The lowest BCUT2D eigenvalue weighted by atomic mass is 10.3. The van der Waals surface area contributed by atoms with E-state index in [0.717, 1.165) is 6.42 Å². The van der Waals surface area contributed by atoms with Gasteiger partial charge in [-0.1, -0.05) is 6.92 Å². The maximum atomic E-state index is 12.2. The van der Waals surface area contributed by atoms with E-state index in [2.05, 4.69) is 5.10 Å². The molecule has 1 aromatic heterocycles. The van der Waals surface area contributed by atoms with E-state index in [0.29, 0.717) is 18.7 Å². The van der Waals surface area contributed by atoms with Crippen LogP contribution >= 0.6 is 0 Å². The maximum absolute atomic E-state index is 12.2. The van der Waals surface area contributed by atoms with Crippen molar-refractivity contribution >= 4 is 11.9 Å². The molecule has 0 aliphatic carbocycles. The van der Waals surface area contributed by atoms with Gasteiger partial charge in [0.15, 0.2) is 0 Å². The van der Waals surface area contributed by atoms with E-state index in [9.17, 15) is 9.59 Å². The Morgan fingerprint density at radius 1 is 1.44 bits per heavy atom. The van der Waals surface area contributed by atoms with Crippen molar-refractivity contribution in [1.82, 2.24) is 14.7 Å². The normalized spacial score (nSPS) is 10.2. The van der Waals surface area contributed by atoms with Gasteiger partial charge >= 0.3 is 5.97 Å². The monoisotopic (exact) mass is 253 g/mol. The number of hydrogen-bond acceptors (Lipinski definition) is 4. The molecule has 0 bridgehead atoms. The molecule has 0 saturated carbocycles. The number of hydrogen-bond donors (Lipinski definition) is 0. The fourth-order valence-corrected chi connectivity index (χ4v) is 1.60. The number of carbonyl (C=O) groups excluding carboxylic acids is 2. The number of esters is 1. The number of rotatable bonds is 6. The molecule has 6 heteroatoms. The summed E-state index contributed by atoms with van der Waals surface area (Å²) in [4.78, 5) is 25.1. The Labute approximate surface area is 107 Å². The molecule has 0 radical (unpaired) electrons. The standard InChI is InChI=1S/C12H19N3O3/c1-4-6-15(9-11(16)18-5-2)12(17)10-7-13-14(3)8-10/h7-8H,4-6,9H2,1-3H3. The summed E-state index contributed by atoms with van der Waals surface area (Å²) in [7, 11) is 1.74. The van der Waals surface area contributed by atoms with Crippen LogP contribution in [0.15, 0.2) is 12.4 Å². The zero-order valence-electron chi connectivity index (χ0n) is 11.0. The first kappa shape index (κ1) is 14.2. The van der Waals surface area contributed by atoms with E-state index >= 15 is 0 Å². The second kappa shape index (κ2) is 6.78. The van der Waals surface area contributed by atoms with Crippen LogP contribution in [0, 0.1) is 0 Å². The lowest BCUT2D eigenvalue weighted by molar-refractivity contribution is -0.143. The van der Waals surface area contributed by atoms with Crippen LogP contribution in [0.2, 0.25) is 0 Å². The molecule has 0 aliphatic heterocycles. The molecule has 1 rings (SSSR count). The van der Waals surface area contributed by atoms with Gasteiger partial charge in [-0.25, -0.2) is 0 Å². The second-order valence-electron chi connectivity index (χ2n) is 3.93. The third-order valence-corrected chi connectivity index (χ3v) is 2.36. The summed E-state index contributed by atoms with van der Waals surface area (Å²) < 4.78 is 6.41. The van der Waals surface area contributed by atoms with Crippen LogP contribution in [-0.4, -0.2) is 46.3 Å². The third-order valence-electron chi connectivity index (χ3n) is 2.36. The topological polar surface area (TPSA) is 64.4 Å². The quantitative estimate of drug-likeness (QED) is 0.705. The van der Waals surface area contributed by atoms with E-state index in [1.807, 2.05) is 6.92 Å². The Balaban J connectivity index is 2.71. The Morgan fingerprint density at radius 2 is 2.17 bits per heavy atom. The number of amides is 1. The van der Waals surface area contributed by atoms with Crippen LogP contribution in [0.3, 0.4) is 0 Å². The highest BCUT2D eigenvalue weighted by Gasteiger charge is 2.19. The van der Waals surface area contributed by atoms with Crippen molar-refractivity contribution in [2.24, 2.45) is 7.05 Å². The summed E-state index contributed by atoms with van der Waals surface area (Å²) >= 11 is 0. The molecule has 0 atom stereocenters. The largest absolute Gasteiger partial charge is 0.465 e. The predicted molar refractivity (Wildman–Crippen MR) is 66.0 cm³/mol.